The Morgan fingerprint density at radius 1 is 1.56 bits per heavy atom. The van der Waals surface area contributed by atoms with Gasteiger partial charge in [-0.1, -0.05) is 0 Å². The summed E-state index contributed by atoms with van der Waals surface area (Å²) in [6.45, 7) is 0.170. The smallest absolute Gasteiger partial charge is 0.270 e. The molecule has 0 aromatic heterocycles. The molecule has 0 saturated heterocycles. The van der Waals surface area contributed by atoms with Crippen LogP contribution in [-0.2, 0) is 6.54 Å². The van der Waals surface area contributed by atoms with Crippen LogP contribution in [0, 0.1) is 10.1 Å². The first-order valence-electron chi connectivity index (χ1n) is 5.39. The number of nitro groups is 1. The molecule has 18 heavy (non-hydrogen) atoms. The lowest BCUT2D eigenvalue weighted by Crippen LogP contribution is -2.29. The highest BCUT2D eigenvalue weighted by Crippen LogP contribution is 2.23. The topological polar surface area (TPSA) is 105 Å². The van der Waals surface area contributed by atoms with E-state index in [0.29, 0.717) is 17.9 Å². The number of non-ortho nitro benzene ring substituents is 1. The molecular weight excluding hydrogens is 240 g/mol. The molecule has 0 aliphatic heterocycles. The number of hydrogen-bond donors (Lipinski definition) is 3. The van der Waals surface area contributed by atoms with E-state index in [9.17, 15) is 10.1 Å². The van der Waals surface area contributed by atoms with Gasteiger partial charge in [-0.2, -0.15) is 0 Å². The van der Waals surface area contributed by atoms with Crippen LogP contribution in [0.3, 0.4) is 0 Å². The lowest BCUT2D eigenvalue weighted by molar-refractivity contribution is -0.384. The van der Waals surface area contributed by atoms with Gasteiger partial charge in [0.25, 0.3) is 5.69 Å². The average Bonchev–Trinajstić information content (AvgIpc) is 2.38. The summed E-state index contributed by atoms with van der Waals surface area (Å²) >= 11 is 0. The van der Waals surface area contributed by atoms with Crippen LogP contribution < -0.4 is 10.1 Å². The van der Waals surface area contributed by atoms with Crippen molar-refractivity contribution in [2.24, 2.45) is 0 Å². The standard InChI is InChI=1S/C11H16N2O5/c1-18-11-3-2-9(13(16)17)4-8(11)5-12-6-10(15)7-14/h2-4,10,12,14-15H,5-7H2,1H3. The highest BCUT2D eigenvalue weighted by molar-refractivity contribution is 5.43. The number of hydrogen-bond acceptors (Lipinski definition) is 6. The zero-order valence-corrected chi connectivity index (χ0v) is 10.00. The molecule has 100 valence electrons. The van der Waals surface area contributed by atoms with Gasteiger partial charge in [0.2, 0.25) is 0 Å². The van der Waals surface area contributed by atoms with Crippen molar-refractivity contribution in [2.45, 2.75) is 12.6 Å². The fourth-order valence-corrected chi connectivity index (χ4v) is 1.45. The zero-order valence-electron chi connectivity index (χ0n) is 10.00. The largest absolute Gasteiger partial charge is 0.496 e. The third kappa shape index (κ3) is 3.95. The molecular formula is C11H16N2O5. The summed E-state index contributed by atoms with van der Waals surface area (Å²) in [7, 11) is 1.48. The van der Waals surface area contributed by atoms with E-state index in [2.05, 4.69) is 5.32 Å². The minimum absolute atomic E-state index is 0.0182. The molecule has 0 radical (unpaired) electrons. The van der Waals surface area contributed by atoms with E-state index in [0.717, 1.165) is 0 Å². The lowest BCUT2D eigenvalue weighted by Gasteiger charge is -2.11. The highest BCUT2D eigenvalue weighted by atomic mass is 16.6. The number of nitrogens with zero attached hydrogens (tertiary/aromatic N) is 1. The van der Waals surface area contributed by atoms with Crippen LogP contribution in [0.5, 0.6) is 5.75 Å². The van der Waals surface area contributed by atoms with E-state index in [4.69, 9.17) is 14.9 Å². The number of nitrogens with one attached hydrogen (secondary N) is 1. The summed E-state index contributed by atoms with van der Waals surface area (Å²) in [6.07, 6.45) is -0.852. The van der Waals surface area contributed by atoms with Gasteiger partial charge in [-0.3, -0.25) is 10.1 Å². The molecule has 0 bridgehead atoms. The minimum atomic E-state index is -0.852. The molecule has 0 fully saturated rings. The van der Waals surface area contributed by atoms with Crippen molar-refractivity contribution < 1.29 is 19.9 Å². The van der Waals surface area contributed by atoms with Gasteiger partial charge in [0.05, 0.1) is 24.7 Å². The van der Waals surface area contributed by atoms with Crippen LogP contribution in [0.2, 0.25) is 0 Å². The summed E-state index contributed by atoms with van der Waals surface area (Å²) in [5.41, 5.74) is 0.604. The summed E-state index contributed by atoms with van der Waals surface area (Å²) in [6, 6.07) is 4.31. The molecule has 1 aromatic rings. The Kier molecular flexibility index (Phi) is 5.50. The van der Waals surface area contributed by atoms with E-state index >= 15 is 0 Å². The summed E-state index contributed by atoms with van der Waals surface area (Å²) in [4.78, 5) is 10.2. The van der Waals surface area contributed by atoms with Gasteiger partial charge in [0, 0.05) is 30.8 Å². The number of nitro benzene ring substituents is 1. The Morgan fingerprint density at radius 2 is 2.28 bits per heavy atom. The van der Waals surface area contributed by atoms with Crippen LogP contribution in [-0.4, -0.2) is 41.5 Å². The Bertz CT molecular complexity index is 410. The number of ether oxygens (including phenoxy) is 1. The lowest BCUT2D eigenvalue weighted by atomic mass is 10.1. The predicted octanol–water partition coefficient (Wildman–Crippen LogP) is 0.0462. The normalized spacial score (nSPS) is 12.2. The van der Waals surface area contributed by atoms with E-state index < -0.39 is 11.0 Å². The van der Waals surface area contributed by atoms with Crippen molar-refractivity contribution >= 4 is 5.69 Å². The maximum atomic E-state index is 10.7. The van der Waals surface area contributed by atoms with Crippen molar-refractivity contribution in [1.82, 2.24) is 5.32 Å². The van der Waals surface area contributed by atoms with E-state index in [1.165, 1.54) is 25.3 Å². The van der Waals surface area contributed by atoms with Crippen LogP contribution in [0.4, 0.5) is 5.69 Å². The predicted molar refractivity (Wildman–Crippen MR) is 64.4 cm³/mol. The number of rotatable bonds is 7. The monoisotopic (exact) mass is 256 g/mol. The number of aliphatic hydroxyl groups is 2. The second-order valence-corrected chi connectivity index (χ2v) is 3.72. The number of methoxy groups -OCH3 is 1. The van der Waals surface area contributed by atoms with Crippen LogP contribution in [0.15, 0.2) is 18.2 Å². The summed E-state index contributed by atoms with van der Waals surface area (Å²) in [5, 5.41) is 31.3. The SMILES string of the molecule is COc1ccc([N+](=O)[O-])cc1CNCC(O)CO. The molecule has 1 atom stereocenters. The molecule has 0 aliphatic carbocycles. The van der Waals surface area contributed by atoms with Gasteiger partial charge >= 0.3 is 0 Å². The molecule has 0 aliphatic rings. The maximum Gasteiger partial charge on any atom is 0.270 e. The second kappa shape index (κ2) is 6.90. The molecule has 0 spiro atoms. The first-order valence-corrected chi connectivity index (χ1v) is 5.39. The Hall–Kier alpha value is -1.70. The van der Waals surface area contributed by atoms with Gasteiger partial charge in [-0.25, -0.2) is 0 Å². The molecule has 7 heteroatoms. The number of aliphatic hydroxyl groups excluding tert-OH is 2. The van der Waals surface area contributed by atoms with E-state index in [1.807, 2.05) is 0 Å². The van der Waals surface area contributed by atoms with Crippen molar-refractivity contribution in [1.29, 1.82) is 0 Å². The van der Waals surface area contributed by atoms with Crippen molar-refractivity contribution in [2.75, 3.05) is 20.3 Å². The molecule has 3 N–H and O–H groups in total. The molecule has 1 aromatic carbocycles. The highest BCUT2D eigenvalue weighted by Gasteiger charge is 2.11. The Morgan fingerprint density at radius 3 is 2.83 bits per heavy atom. The van der Waals surface area contributed by atoms with Crippen LogP contribution >= 0.6 is 0 Å². The van der Waals surface area contributed by atoms with Crippen molar-refractivity contribution in [3.8, 4) is 5.75 Å². The molecule has 0 saturated carbocycles. The minimum Gasteiger partial charge on any atom is -0.496 e. The van der Waals surface area contributed by atoms with Gasteiger partial charge in [0.1, 0.15) is 5.75 Å². The number of benzene rings is 1. The quantitative estimate of drug-likeness (QED) is 0.470. The second-order valence-electron chi connectivity index (χ2n) is 3.72. The van der Waals surface area contributed by atoms with Crippen LogP contribution in [0.1, 0.15) is 5.56 Å². The van der Waals surface area contributed by atoms with Gasteiger partial charge in [-0.15, -0.1) is 0 Å². The van der Waals surface area contributed by atoms with Gasteiger partial charge < -0.3 is 20.3 Å². The van der Waals surface area contributed by atoms with Crippen molar-refractivity contribution in [3.63, 3.8) is 0 Å². The van der Waals surface area contributed by atoms with Crippen molar-refractivity contribution in [3.05, 3.63) is 33.9 Å². The third-order valence-electron chi connectivity index (χ3n) is 2.38. The van der Waals surface area contributed by atoms with Crippen LogP contribution in [0.25, 0.3) is 0 Å². The Balaban J connectivity index is 2.72. The Labute approximate surface area is 104 Å². The average molecular weight is 256 g/mol. The fraction of sp³-hybridized carbons (Fsp3) is 0.455. The summed E-state index contributed by atoms with van der Waals surface area (Å²) in [5.74, 6) is 0.534. The molecule has 7 nitrogen and oxygen atoms in total. The van der Waals surface area contributed by atoms with Gasteiger partial charge in [0.15, 0.2) is 0 Å². The summed E-state index contributed by atoms with van der Waals surface area (Å²) < 4.78 is 5.09. The first-order chi connectivity index (χ1) is 8.58. The van der Waals surface area contributed by atoms with E-state index in [-0.39, 0.29) is 18.8 Å². The van der Waals surface area contributed by atoms with Gasteiger partial charge in [-0.05, 0) is 6.07 Å². The zero-order chi connectivity index (χ0) is 13.5. The molecule has 1 rings (SSSR count). The molecule has 0 heterocycles. The molecule has 0 amide bonds. The third-order valence-corrected chi connectivity index (χ3v) is 2.38. The van der Waals surface area contributed by atoms with E-state index in [1.54, 1.807) is 0 Å². The fourth-order valence-electron chi connectivity index (χ4n) is 1.45. The first kappa shape index (κ1) is 14.4. The maximum absolute atomic E-state index is 10.7. The molecule has 1 unspecified atom stereocenters.